The molecule has 1 aliphatic rings. The molecule has 1 N–H and O–H groups in total. The molecule has 1 saturated heterocycles. The van der Waals surface area contributed by atoms with E-state index in [1.165, 1.54) is 18.7 Å². The van der Waals surface area contributed by atoms with Crippen molar-refractivity contribution in [1.29, 1.82) is 5.26 Å². The smallest absolute Gasteiger partial charge is 0.297 e. The average molecular weight is 247 g/mol. The Morgan fingerprint density at radius 1 is 1.44 bits per heavy atom. The molecule has 2 rings (SSSR count). The van der Waals surface area contributed by atoms with Crippen molar-refractivity contribution in [2.24, 2.45) is 0 Å². The van der Waals surface area contributed by atoms with Gasteiger partial charge in [0.25, 0.3) is 0 Å². The number of nitro groups is 1. The first kappa shape index (κ1) is 12.3. The topological polar surface area (TPSA) is 95.1 Å². The van der Waals surface area contributed by atoms with E-state index >= 15 is 0 Å². The van der Waals surface area contributed by atoms with Gasteiger partial charge in [-0.05, 0) is 12.8 Å². The minimum Gasteiger partial charge on any atom is -0.297 e. The van der Waals surface area contributed by atoms with Crippen molar-refractivity contribution in [3.63, 3.8) is 0 Å². The maximum absolute atomic E-state index is 10.9. The Bertz CT molecular complexity index is 491. The summed E-state index contributed by atoms with van der Waals surface area (Å²) in [5.41, 5.74) is 2.97. The maximum Gasteiger partial charge on any atom is 0.314 e. The van der Waals surface area contributed by atoms with Gasteiger partial charge in [-0.25, -0.2) is 9.99 Å². The Morgan fingerprint density at radius 2 is 2.17 bits per heavy atom. The van der Waals surface area contributed by atoms with Gasteiger partial charge in [-0.1, -0.05) is 6.42 Å². The molecule has 0 aromatic carbocycles. The number of pyridine rings is 1. The molecule has 1 aliphatic heterocycles. The highest BCUT2D eigenvalue weighted by atomic mass is 16.6. The molecule has 7 heteroatoms. The van der Waals surface area contributed by atoms with Crippen LogP contribution in [0.2, 0.25) is 0 Å². The van der Waals surface area contributed by atoms with E-state index in [2.05, 4.69) is 10.4 Å². The average Bonchev–Trinajstić information content (AvgIpc) is 2.40. The molecular formula is C11H13N5O2. The summed E-state index contributed by atoms with van der Waals surface area (Å²) >= 11 is 0. The third-order valence-electron chi connectivity index (χ3n) is 2.81. The third-order valence-corrected chi connectivity index (χ3v) is 2.81. The Kier molecular flexibility index (Phi) is 3.69. The molecule has 0 atom stereocenters. The monoisotopic (exact) mass is 247 g/mol. The number of hydrogen-bond acceptors (Lipinski definition) is 6. The SMILES string of the molecule is N#Cc1cnc(NN2CCCCC2)c([N+](=O)[O-])c1. The van der Waals surface area contributed by atoms with Crippen molar-refractivity contribution >= 4 is 11.5 Å². The minimum absolute atomic E-state index is 0.167. The van der Waals surface area contributed by atoms with Crippen LogP contribution in [0.3, 0.4) is 0 Å². The number of hydrazine groups is 1. The zero-order valence-electron chi connectivity index (χ0n) is 9.80. The predicted molar refractivity (Wildman–Crippen MR) is 64.7 cm³/mol. The molecule has 1 aromatic heterocycles. The van der Waals surface area contributed by atoms with Gasteiger partial charge in [0.1, 0.15) is 6.07 Å². The lowest BCUT2D eigenvalue weighted by Crippen LogP contribution is -2.35. The summed E-state index contributed by atoms with van der Waals surface area (Å²) in [6, 6.07) is 3.08. The first-order valence-electron chi connectivity index (χ1n) is 5.77. The van der Waals surface area contributed by atoms with E-state index in [0.29, 0.717) is 0 Å². The van der Waals surface area contributed by atoms with Crippen LogP contribution in [0, 0.1) is 21.4 Å². The summed E-state index contributed by atoms with van der Waals surface area (Å²) in [5, 5.41) is 21.6. The van der Waals surface area contributed by atoms with Crippen molar-refractivity contribution in [3.05, 3.63) is 27.9 Å². The molecular weight excluding hydrogens is 234 g/mol. The third kappa shape index (κ3) is 2.73. The van der Waals surface area contributed by atoms with Gasteiger partial charge in [0.2, 0.25) is 5.82 Å². The zero-order valence-corrected chi connectivity index (χ0v) is 9.80. The van der Waals surface area contributed by atoms with E-state index in [9.17, 15) is 10.1 Å². The van der Waals surface area contributed by atoms with E-state index in [-0.39, 0.29) is 17.1 Å². The summed E-state index contributed by atoms with van der Waals surface area (Å²) < 4.78 is 0. The molecule has 2 heterocycles. The summed E-state index contributed by atoms with van der Waals surface area (Å²) in [6.45, 7) is 1.69. The van der Waals surface area contributed by atoms with E-state index in [4.69, 9.17) is 5.26 Å². The number of piperidine rings is 1. The van der Waals surface area contributed by atoms with Gasteiger partial charge >= 0.3 is 5.69 Å². The van der Waals surface area contributed by atoms with Crippen molar-refractivity contribution < 1.29 is 4.92 Å². The van der Waals surface area contributed by atoms with Gasteiger partial charge < -0.3 is 0 Å². The van der Waals surface area contributed by atoms with E-state index in [1.807, 2.05) is 11.1 Å². The number of nitrogens with one attached hydrogen (secondary N) is 1. The lowest BCUT2D eigenvalue weighted by atomic mass is 10.2. The number of anilines is 1. The first-order chi connectivity index (χ1) is 8.70. The van der Waals surface area contributed by atoms with E-state index < -0.39 is 4.92 Å². The van der Waals surface area contributed by atoms with Crippen LogP contribution in [0.5, 0.6) is 0 Å². The molecule has 0 spiro atoms. The number of rotatable bonds is 3. The van der Waals surface area contributed by atoms with Crippen LogP contribution in [-0.4, -0.2) is 28.0 Å². The second-order valence-electron chi connectivity index (χ2n) is 4.12. The molecule has 1 fully saturated rings. The number of aromatic nitrogens is 1. The van der Waals surface area contributed by atoms with Gasteiger partial charge in [0, 0.05) is 25.4 Å². The fourth-order valence-electron chi connectivity index (χ4n) is 1.90. The summed E-state index contributed by atoms with van der Waals surface area (Å²) in [6.07, 6.45) is 4.65. The molecule has 0 unspecified atom stereocenters. The van der Waals surface area contributed by atoms with Crippen molar-refractivity contribution in [1.82, 2.24) is 9.99 Å². The first-order valence-corrected chi connectivity index (χ1v) is 5.77. The van der Waals surface area contributed by atoms with Crippen LogP contribution in [0.15, 0.2) is 12.3 Å². The largest absolute Gasteiger partial charge is 0.314 e. The molecule has 0 aliphatic carbocycles. The van der Waals surface area contributed by atoms with Crippen LogP contribution in [0.25, 0.3) is 0 Å². The van der Waals surface area contributed by atoms with Gasteiger partial charge in [-0.15, -0.1) is 0 Å². The molecule has 0 bridgehead atoms. The van der Waals surface area contributed by atoms with E-state index in [0.717, 1.165) is 25.9 Å². The van der Waals surface area contributed by atoms with Crippen molar-refractivity contribution in [2.75, 3.05) is 18.5 Å². The lowest BCUT2D eigenvalue weighted by Gasteiger charge is -2.26. The van der Waals surface area contributed by atoms with Crippen molar-refractivity contribution in [3.8, 4) is 6.07 Å². The highest BCUT2D eigenvalue weighted by molar-refractivity contribution is 5.57. The van der Waals surface area contributed by atoms with Crippen LogP contribution in [-0.2, 0) is 0 Å². The highest BCUT2D eigenvalue weighted by Crippen LogP contribution is 2.23. The molecule has 0 radical (unpaired) electrons. The number of hydrogen-bond donors (Lipinski definition) is 1. The van der Waals surface area contributed by atoms with Crippen LogP contribution >= 0.6 is 0 Å². The maximum atomic E-state index is 10.9. The molecule has 18 heavy (non-hydrogen) atoms. The number of nitrogens with zero attached hydrogens (tertiary/aromatic N) is 4. The quantitative estimate of drug-likeness (QED) is 0.644. The minimum atomic E-state index is -0.528. The van der Waals surface area contributed by atoms with E-state index in [1.54, 1.807) is 0 Å². The van der Waals surface area contributed by atoms with Crippen molar-refractivity contribution in [2.45, 2.75) is 19.3 Å². The normalized spacial score (nSPS) is 15.9. The molecule has 94 valence electrons. The number of nitriles is 1. The second-order valence-corrected chi connectivity index (χ2v) is 4.12. The summed E-state index contributed by atoms with van der Waals surface area (Å²) in [7, 11) is 0. The van der Waals surface area contributed by atoms with Gasteiger partial charge in [-0.3, -0.25) is 15.5 Å². The standard InChI is InChI=1S/C11H13N5O2/c12-7-9-6-10(16(17)18)11(13-8-9)14-15-4-2-1-3-5-15/h6,8H,1-5H2,(H,13,14). The molecule has 1 aromatic rings. The summed E-state index contributed by atoms with van der Waals surface area (Å²) in [5.74, 6) is 0.195. The van der Waals surface area contributed by atoms with Crippen LogP contribution in [0.4, 0.5) is 11.5 Å². The Labute approximate surface area is 104 Å². The fourth-order valence-corrected chi connectivity index (χ4v) is 1.90. The zero-order chi connectivity index (χ0) is 13.0. The molecule has 0 saturated carbocycles. The predicted octanol–water partition coefficient (Wildman–Crippen LogP) is 1.67. The van der Waals surface area contributed by atoms with Gasteiger partial charge in [0.15, 0.2) is 0 Å². The Balaban J connectivity index is 2.21. The van der Waals surface area contributed by atoms with Gasteiger partial charge in [0.05, 0.1) is 10.5 Å². The van der Waals surface area contributed by atoms with Crippen LogP contribution < -0.4 is 5.43 Å². The molecule has 0 amide bonds. The molecule has 7 nitrogen and oxygen atoms in total. The highest BCUT2D eigenvalue weighted by Gasteiger charge is 2.19. The Hall–Kier alpha value is -2.20. The van der Waals surface area contributed by atoms with Crippen LogP contribution in [0.1, 0.15) is 24.8 Å². The second kappa shape index (κ2) is 5.42. The lowest BCUT2D eigenvalue weighted by molar-refractivity contribution is -0.384. The fraction of sp³-hybridized carbons (Fsp3) is 0.455. The Morgan fingerprint density at radius 3 is 2.78 bits per heavy atom. The summed E-state index contributed by atoms with van der Waals surface area (Å²) in [4.78, 5) is 14.3. The van der Waals surface area contributed by atoms with Gasteiger partial charge in [-0.2, -0.15) is 5.26 Å².